The van der Waals surface area contributed by atoms with Crippen molar-refractivity contribution in [3.63, 3.8) is 0 Å². The molecule has 25 heavy (non-hydrogen) atoms. The number of benzene rings is 1. The van der Waals surface area contributed by atoms with Crippen LogP contribution in [0.5, 0.6) is 5.75 Å². The van der Waals surface area contributed by atoms with Crippen LogP contribution in [0.2, 0.25) is 0 Å². The van der Waals surface area contributed by atoms with Crippen LogP contribution in [0.1, 0.15) is 25.7 Å². The van der Waals surface area contributed by atoms with Crippen molar-refractivity contribution in [3.8, 4) is 5.75 Å². The van der Waals surface area contributed by atoms with Crippen LogP contribution in [0.4, 0.5) is 0 Å². The van der Waals surface area contributed by atoms with Gasteiger partial charge >= 0.3 is 0 Å². The highest BCUT2D eigenvalue weighted by Crippen LogP contribution is 2.28. The van der Waals surface area contributed by atoms with Crippen LogP contribution in [0, 0.1) is 6.92 Å². The molecule has 0 bridgehead atoms. The number of rotatable bonds is 7. The molecular formula is C19H24N4O2. The summed E-state index contributed by atoms with van der Waals surface area (Å²) in [4.78, 5) is 16.2. The molecule has 0 radical (unpaired) electrons. The predicted molar refractivity (Wildman–Crippen MR) is 97.8 cm³/mol. The van der Waals surface area contributed by atoms with Crippen molar-refractivity contribution in [1.82, 2.24) is 19.4 Å². The lowest BCUT2D eigenvalue weighted by molar-refractivity contribution is -0.123. The number of aryl methyl sites for hydroxylation is 1. The molecule has 6 heteroatoms. The van der Waals surface area contributed by atoms with Crippen molar-refractivity contribution in [2.75, 3.05) is 13.2 Å². The molecule has 0 aliphatic heterocycles. The number of nitrogens with one attached hydrogen (secondary N) is 1. The zero-order chi connectivity index (χ0) is 17.8. The quantitative estimate of drug-likeness (QED) is 0.719. The fourth-order valence-corrected chi connectivity index (χ4v) is 2.89. The highest BCUT2D eigenvalue weighted by molar-refractivity contribution is 5.87. The van der Waals surface area contributed by atoms with Gasteiger partial charge in [0.2, 0.25) is 0 Å². The average molecular weight is 340 g/mol. The first-order valence-electron chi connectivity index (χ1n) is 8.53. The van der Waals surface area contributed by atoms with E-state index in [0.29, 0.717) is 19.1 Å². The molecule has 132 valence electrons. The molecule has 3 aromatic rings. The number of fused-ring (bicyclic) bond motifs is 1. The topological polar surface area (TPSA) is 61.1 Å². The van der Waals surface area contributed by atoms with Gasteiger partial charge in [0, 0.05) is 43.1 Å². The Labute approximate surface area is 147 Å². The van der Waals surface area contributed by atoms with Crippen LogP contribution in [-0.2, 0) is 11.3 Å². The summed E-state index contributed by atoms with van der Waals surface area (Å²) >= 11 is 0. The Bertz CT molecular complexity index is 863. The molecule has 1 aromatic carbocycles. The van der Waals surface area contributed by atoms with E-state index in [-0.39, 0.29) is 12.5 Å². The van der Waals surface area contributed by atoms with Crippen LogP contribution >= 0.6 is 0 Å². The van der Waals surface area contributed by atoms with Gasteiger partial charge < -0.3 is 19.2 Å². The van der Waals surface area contributed by atoms with Gasteiger partial charge in [0.15, 0.2) is 6.61 Å². The van der Waals surface area contributed by atoms with E-state index in [1.165, 1.54) is 0 Å². The Balaban J connectivity index is 1.55. The Kier molecular flexibility index (Phi) is 5.07. The molecule has 2 aromatic heterocycles. The molecule has 0 spiro atoms. The molecule has 0 aliphatic carbocycles. The van der Waals surface area contributed by atoms with Gasteiger partial charge in [-0.1, -0.05) is 6.07 Å². The minimum atomic E-state index is -0.127. The van der Waals surface area contributed by atoms with E-state index in [9.17, 15) is 4.79 Å². The van der Waals surface area contributed by atoms with E-state index in [2.05, 4.69) is 41.0 Å². The fraction of sp³-hybridized carbons (Fsp3) is 0.368. The van der Waals surface area contributed by atoms with Crippen molar-refractivity contribution in [3.05, 3.63) is 48.7 Å². The third-order valence-corrected chi connectivity index (χ3v) is 4.24. The molecule has 0 unspecified atom stereocenters. The van der Waals surface area contributed by atoms with Gasteiger partial charge in [-0.05, 0) is 39.0 Å². The first-order valence-corrected chi connectivity index (χ1v) is 8.53. The molecule has 1 N–H and O–H groups in total. The second kappa shape index (κ2) is 7.42. The molecule has 0 atom stereocenters. The van der Waals surface area contributed by atoms with Crippen LogP contribution in [-0.4, -0.2) is 33.2 Å². The summed E-state index contributed by atoms with van der Waals surface area (Å²) in [6, 6.07) is 8.33. The first kappa shape index (κ1) is 17.1. The van der Waals surface area contributed by atoms with Crippen LogP contribution < -0.4 is 10.1 Å². The smallest absolute Gasteiger partial charge is 0.258 e. The lowest BCUT2D eigenvalue weighted by Gasteiger charge is -2.11. The van der Waals surface area contributed by atoms with E-state index in [0.717, 1.165) is 22.5 Å². The molecule has 2 heterocycles. The lowest BCUT2D eigenvalue weighted by Crippen LogP contribution is -2.31. The largest absolute Gasteiger partial charge is 0.483 e. The number of ether oxygens (including phenoxy) is 1. The van der Waals surface area contributed by atoms with E-state index < -0.39 is 0 Å². The zero-order valence-electron chi connectivity index (χ0n) is 14.9. The van der Waals surface area contributed by atoms with Gasteiger partial charge in [-0.2, -0.15) is 0 Å². The molecule has 0 saturated heterocycles. The normalized spacial score (nSPS) is 11.2. The van der Waals surface area contributed by atoms with E-state index in [4.69, 9.17) is 4.74 Å². The maximum Gasteiger partial charge on any atom is 0.258 e. The summed E-state index contributed by atoms with van der Waals surface area (Å²) in [5.41, 5.74) is 1.11. The van der Waals surface area contributed by atoms with E-state index in [1.54, 1.807) is 6.20 Å². The number of hydrogen-bond donors (Lipinski definition) is 1. The van der Waals surface area contributed by atoms with Gasteiger partial charge in [-0.25, -0.2) is 4.98 Å². The van der Waals surface area contributed by atoms with Crippen molar-refractivity contribution >= 4 is 16.8 Å². The number of amides is 1. The van der Waals surface area contributed by atoms with Crippen molar-refractivity contribution < 1.29 is 9.53 Å². The van der Waals surface area contributed by atoms with Gasteiger partial charge in [0.05, 0.1) is 5.52 Å². The second-order valence-corrected chi connectivity index (χ2v) is 6.31. The van der Waals surface area contributed by atoms with Gasteiger partial charge in [-0.3, -0.25) is 4.79 Å². The summed E-state index contributed by atoms with van der Waals surface area (Å²) in [7, 11) is 0. The molecule has 0 saturated carbocycles. The van der Waals surface area contributed by atoms with E-state index in [1.807, 2.05) is 35.9 Å². The molecule has 0 fully saturated rings. The number of hydrogen-bond acceptors (Lipinski definition) is 3. The third kappa shape index (κ3) is 3.84. The monoisotopic (exact) mass is 340 g/mol. The van der Waals surface area contributed by atoms with Gasteiger partial charge in [0.1, 0.15) is 11.6 Å². The van der Waals surface area contributed by atoms with Crippen LogP contribution in [0.15, 0.2) is 42.9 Å². The highest BCUT2D eigenvalue weighted by atomic mass is 16.5. The Hall–Kier alpha value is -2.76. The first-order chi connectivity index (χ1) is 12.1. The minimum Gasteiger partial charge on any atom is -0.483 e. The zero-order valence-corrected chi connectivity index (χ0v) is 14.9. The summed E-state index contributed by atoms with van der Waals surface area (Å²) in [5.74, 6) is 1.54. The molecule has 3 rings (SSSR count). The van der Waals surface area contributed by atoms with Gasteiger partial charge in [0.25, 0.3) is 5.91 Å². The number of carbonyl (C=O) groups excluding carboxylic acids is 1. The number of aromatic nitrogens is 3. The molecule has 0 aliphatic rings. The second-order valence-electron chi connectivity index (χ2n) is 6.31. The Morgan fingerprint density at radius 1 is 1.28 bits per heavy atom. The summed E-state index contributed by atoms with van der Waals surface area (Å²) in [6.07, 6.45) is 5.71. The lowest BCUT2D eigenvalue weighted by atomic mass is 10.2. The molecule has 6 nitrogen and oxygen atoms in total. The molecular weight excluding hydrogens is 316 g/mol. The predicted octanol–water partition coefficient (Wildman–Crippen LogP) is 2.92. The average Bonchev–Trinajstić information content (AvgIpc) is 3.19. The number of carbonyl (C=O) groups is 1. The number of nitrogens with zero attached hydrogens (tertiary/aromatic N) is 3. The Morgan fingerprint density at radius 2 is 2.12 bits per heavy atom. The maximum atomic E-state index is 12.0. The van der Waals surface area contributed by atoms with E-state index >= 15 is 0 Å². The fourth-order valence-electron chi connectivity index (χ4n) is 2.89. The highest BCUT2D eigenvalue weighted by Gasteiger charge is 2.10. The summed E-state index contributed by atoms with van der Waals surface area (Å²) < 4.78 is 9.93. The van der Waals surface area contributed by atoms with Crippen molar-refractivity contribution in [2.24, 2.45) is 0 Å². The summed E-state index contributed by atoms with van der Waals surface area (Å²) in [5, 5.41) is 3.90. The molecule has 1 amide bonds. The van der Waals surface area contributed by atoms with Crippen LogP contribution in [0.25, 0.3) is 10.9 Å². The number of imidazole rings is 1. The van der Waals surface area contributed by atoms with Gasteiger partial charge in [-0.15, -0.1) is 0 Å². The van der Waals surface area contributed by atoms with Crippen LogP contribution in [0.3, 0.4) is 0 Å². The van der Waals surface area contributed by atoms with Crippen molar-refractivity contribution in [2.45, 2.75) is 33.4 Å². The third-order valence-electron chi connectivity index (χ3n) is 4.24. The Morgan fingerprint density at radius 3 is 2.84 bits per heavy atom. The van der Waals surface area contributed by atoms with Crippen molar-refractivity contribution in [1.29, 1.82) is 0 Å². The summed E-state index contributed by atoms with van der Waals surface area (Å²) in [6.45, 7) is 7.48. The maximum absolute atomic E-state index is 12.0. The standard InChI is InChI=1S/C19H24N4O2/c1-14(2)23-10-7-16-17(23)5-4-6-18(16)25-13-19(24)21-9-12-22-11-8-20-15(22)3/h4-8,10-11,14H,9,12-13H2,1-3H3,(H,21,24). The minimum absolute atomic E-state index is 0.00881. The SMILES string of the molecule is Cc1nccn1CCNC(=O)COc1cccc2c1ccn2C(C)C.